The van der Waals surface area contributed by atoms with Crippen LogP contribution in [0, 0.1) is 10.1 Å². The van der Waals surface area contributed by atoms with E-state index in [-0.39, 0.29) is 11.4 Å². The van der Waals surface area contributed by atoms with Gasteiger partial charge in [-0.05, 0) is 42.7 Å². The fourth-order valence-corrected chi connectivity index (χ4v) is 2.22. The van der Waals surface area contributed by atoms with Gasteiger partial charge >= 0.3 is 5.69 Å². The van der Waals surface area contributed by atoms with Gasteiger partial charge in [0.15, 0.2) is 5.75 Å². The summed E-state index contributed by atoms with van der Waals surface area (Å²) in [5.41, 5.74) is 6.52. The summed E-state index contributed by atoms with van der Waals surface area (Å²) >= 11 is 5.74. The Balaban J connectivity index is 1.88. The van der Waals surface area contributed by atoms with Crippen molar-refractivity contribution in [2.24, 2.45) is 5.73 Å². The van der Waals surface area contributed by atoms with Crippen LogP contribution in [-0.4, -0.2) is 17.4 Å². The Morgan fingerprint density at radius 2 is 1.91 bits per heavy atom. The molecule has 2 N–H and O–H groups in total. The summed E-state index contributed by atoms with van der Waals surface area (Å²) in [7, 11) is 0. The quantitative estimate of drug-likeness (QED) is 0.477. The molecule has 2 rings (SSSR count). The van der Waals surface area contributed by atoms with Crippen LogP contribution in [0.4, 0.5) is 5.69 Å². The van der Waals surface area contributed by atoms with Crippen LogP contribution in [0.15, 0.2) is 42.5 Å². The number of aryl methyl sites for hydroxylation is 1. The molecule has 0 atom stereocenters. The number of nitrogens with zero attached hydrogens (tertiary/aromatic N) is 1. The summed E-state index contributed by atoms with van der Waals surface area (Å²) in [5.74, 6) is -0.265. The molecule has 0 radical (unpaired) electrons. The Labute approximate surface area is 138 Å². The average Bonchev–Trinajstić information content (AvgIpc) is 2.53. The van der Waals surface area contributed by atoms with E-state index < -0.39 is 10.8 Å². The third kappa shape index (κ3) is 4.69. The van der Waals surface area contributed by atoms with Gasteiger partial charge < -0.3 is 10.5 Å². The molecule has 0 bridgehead atoms. The number of nitro groups is 1. The summed E-state index contributed by atoms with van der Waals surface area (Å²) in [6.45, 7) is 0.333. The van der Waals surface area contributed by atoms with Gasteiger partial charge in [-0.2, -0.15) is 0 Å². The van der Waals surface area contributed by atoms with E-state index in [9.17, 15) is 14.9 Å². The lowest BCUT2D eigenvalue weighted by Crippen LogP contribution is -2.10. The lowest BCUT2D eigenvalue weighted by Gasteiger charge is -2.07. The Morgan fingerprint density at radius 1 is 1.22 bits per heavy atom. The zero-order valence-corrected chi connectivity index (χ0v) is 13.0. The monoisotopic (exact) mass is 334 g/mol. The number of hydrogen-bond acceptors (Lipinski definition) is 4. The van der Waals surface area contributed by atoms with Crippen molar-refractivity contribution in [3.63, 3.8) is 0 Å². The molecular weight excluding hydrogens is 320 g/mol. The third-order valence-electron chi connectivity index (χ3n) is 3.22. The number of carbonyl (C=O) groups is 1. The highest BCUT2D eigenvalue weighted by Crippen LogP contribution is 2.29. The molecule has 0 fully saturated rings. The van der Waals surface area contributed by atoms with Crippen molar-refractivity contribution in [1.82, 2.24) is 0 Å². The molecule has 0 heterocycles. The summed E-state index contributed by atoms with van der Waals surface area (Å²) in [6.07, 6.45) is 1.40. The molecule has 0 aliphatic rings. The van der Waals surface area contributed by atoms with Crippen LogP contribution < -0.4 is 10.5 Å². The first kappa shape index (κ1) is 16.8. The molecule has 0 aliphatic heterocycles. The second-order valence-electron chi connectivity index (χ2n) is 4.88. The van der Waals surface area contributed by atoms with Gasteiger partial charge in [0.1, 0.15) is 0 Å². The molecule has 0 saturated heterocycles. The van der Waals surface area contributed by atoms with Gasteiger partial charge in [-0.15, -0.1) is 0 Å². The van der Waals surface area contributed by atoms with Crippen molar-refractivity contribution in [2.45, 2.75) is 12.8 Å². The SMILES string of the molecule is NC(=O)c1ccc(CCCOc2ccc(Cl)cc2[N+](=O)[O-])cc1. The van der Waals surface area contributed by atoms with Crippen molar-refractivity contribution in [1.29, 1.82) is 0 Å². The van der Waals surface area contributed by atoms with Gasteiger partial charge in [0.05, 0.1) is 11.5 Å². The standard InChI is InChI=1S/C16H15ClN2O4/c17-13-7-8-15(14(10-13)19(21)22)23-9-1-2-11-3-5-12(6-4-11)16(18)20/h3-8,10H,1-2,9H2,(H2,18,20). The maximum atomic E-state index is 11.0. The van der Waals surface area contributed by atoms with E-state index in [4.69, 9.17) is 22.1 Å². The fourth-order valence-electron chi connectivity index (χ4n) is 2.05. The predicted octanol–water partition coefficient (Wildman–Crippen LogP) is 3.36. The zero-order valence-electron chi connectivity index (χ0n) is 12.2. The van der Waals surface area contributed by atoms with Gasteiger partial charge in [-0.3, -0.25) is 14.9 Å². The number of amides is 1. The molecule has 1 amide bonds. The number of hydrogen-bond donors (Lipinski definition) is 1. The average molecular weight is 335 g/mol. The molecule has 120 valence electrons. The van der Waals surface area contributed by atoms with Crippen LogP contribution in [0.5, 0.6) is 5.75 Å². The van der Waals surface area contributed by atoms with E-state index in [0.29, 0.717) is 23.6 Å². The summed E-state index contributed by atoms with van der Waals surface area (Å²) in [4.78, 5) is 21.4. The van der Waals surface area contributed by atoms with Crippen molar-refractivity contribution in [2.75, 3.05) is 6.61 Å². The molecule has 23 heavy (non-hydrogen) atoms. The van der Waals surface area contributed by atoms with Gasteiger partial charge in [-0.1, -0.05) is 23.7 Å². The van der Waals surface area contributed by atoms with Gasteiger partial charge in [-0.25, -0.2) is 0 Å². The van der Waals surface area contributed by atoms with Crippen LogP contribution in [0.1, 0.15) is 22.3 Å². The number of rotatable bonds is 7. The number of carbonyl (C=O) groups excluding carboxylic acids is 1. The first-order valence-corrected chi connectivity index (χ1v) is 7.30. The lowest BCUT2D eigenvalue weighted by atomic mass is 10.1. The Morgan fingerprint density at radius 3 is 2.52 bits per heavy atom. The van der Waals surface area contributed by atoms with E-state index in [1.54, 1.807) is 18.2 Å². The van der Waals surface area contributed by atoms with E-state index in [2.05, 4.69) is 0 Å². The molecule has 0 saturated carbocycles. The Bertz CT molecular complexity index is 717. The number of primary amides is 1. The van der Waals surface area contributed by atoms with Crippen LogP contribution in [0.3, 0.4) is 0 Å². The molecule has 0 aromatic heterocycles. The largest absolute Gasteiger partial charge is 0.487 e. The minimum Gasteiger partial charge on any atom is -0.487 e. The highest BCUT2D eigenvalue weighted by molar-refractivity contribution is 6.30. The minimum atomic E-state index is -0.524. The molecule has 6 nitrogen and oxygen atoms in total. The Hall–Kier alpha value is -2.60. The Kier molecular flexibility index (Phi) is 5.54. The van der Waals surface area contributed by atoms with Crippen LogP contribution in [-0.2, 0) is 6.42 Å². The van der Waals surface area contributed by atoms with Crippen LogP contribution in [0.25, 0.3) is 0 Å². The highest BCUT2D eigenvalue weighted by Gasteiger charge is 2.15. The topological polar surface area (TPSA) is 95.5 Å². The predicted molar refractivity (Wildman–Crippen MR) is 86.9 cm³/mol. The number of halogens is 1. The molecule has 0 aliphatic carbocycles. The lowest BCUT2D eigenvalue weighted by molar-refractivity contribution is -0.385. The smallest absolute Gasteiger partial charge is 0.312 e. The van der Waals surface area contributed by atoms with Gasteiger partial charge in [0.2, 0.25) is 5.91 Å². The number of benzene rings is 2. The molecule has 2 aromatic carbocycles. The van der Waals surface area contributed by atoms with E-state index >= 15 is 0 Å². The van der Waals surface area contributed by atoms with Crippen molar-refractivity contribution < 1.29 is 14.5 Å². The van der Waals surface area contributed by atoms with Crippen LogP contribution in [0.2, 0.25) is 5.02 Å². The van der Waals surface area contributed by atoms with Crippen molar-refractivity contribution in [3.05, 3.63) is 68.7 Å². The second-order valence-corrected chi connectivity index (χ2v) is 5.32. The van der Waals surface area contributed by atoms with Crippen molar-refractivity contribution in [3.8, 4) is 5.75 Å². The maximum absolute atomic E-state index is 11.0. The summed E-state index contributed by atoms with van der Waals surface area (Å²) in [6, 6.07) is 11.3. The second kappa shape index (κ2) is 7.60. The first-order valence-electron chi connectivity index (χ1n) is 6.93. The van der Waals surface area contributed by atoms with Crippen LogP contribution >= 0.6 is 11.6 Å². The molecular formula is C16H15ClN2O4. The molecule has 2 aromatic rings. The highest BCUT2D eigenvalue weighted by atomic mass is 35.5. The maximum Gasteiger partial charge on any atom is 0.312 e. The van der Waals surface area contributed by atoms with Crippen molar-refractivity contribution >= 4 is 23.2 Å². The first-order chi connectivity index (χ1) is 11.0. The fraction of sp³-hybridized carbons (Fsp3) is 0.188. The van der Waals surface area contributed by atoms with E-state index in [1.165, 1.54) is 12.1 Å². The molecule has 0 spiro atoms. The number of ether oxygens (including phenoxy) is 1. The van der Waals surface area contributed by atoms with Gasteiger partial charge in [0, 0.05) is 16.7 Å². The number of nitrogens with two attached hydrogens (primary N) is 1. The number of nitro benzene ring substituents is 1. The van der Waals surface area contributed by atoms with Gasteiger partial charge in [0.25, 0.3) is 0 Å². The zero-order chi connectivity index (χ0) is 16.8. The summed E-state index contributed by atoms with van der Waals surface area (Å²) in [5, 5.41) is 11.2. The third-order valence-corrected chi connectivity index (χ3v) is 3.46. The minimum absolute atomic E-state index is 0.150. The van der Waals surface area contributed by atoms with E-state index in [0.717, 1.165) is 12.0 Å². The summed E-state index contributed by atoms with van der Waals surface area (Å²) < 4.78 is 5.46. The normalized spacial score (nSPS) is 10.3. The van der Waals surface area contributed by atoms with E-state index in [1.807, 2.05) is 12.1 Å². The molecule has 7 heteroatoms. The molecule has 0 unspecified atom stereocenters.